The molecule has 2 N–H and O–H groups in total. The first kappa shape index (κ1) is 16.0. The molecule has 3 rings (SSSR count). The van der Waals surface area contributed by atoms with E-state index in [1.165, 1.54) is 43.4 Å². The molecule has 5 heteroatoms. The van der Waals surface area contributed by atoms with Crippen LogP contribution in [0.1, 0.15) is 49.3 Å². The van der Waals surface area contributed by atoms with E-state index in [-0.39, 0.29) is 0 Å². The minimum Gasteiger partial charge on any atom is -0.381 e. The molecule has 1 saturated heterocycles. The molecule has 1 aliphatic carbocycles. The fraction of sp³-hybridized carbons (Fsp3) is 0.824. The Hall–Kier alpha value is -0.910. The molecule has 0 aromatic carbocycles. The van der Waals surface area contributed by atoms with Gasteiger partial charge in [0.2, 0.25) is 0 Å². The molecule has 1 spiro atoms. The Morgan fingerprint density at radius 3 is 2.91 bits per heavy atom. The minimum atomic E-state index is 0.497. The van der Waals surface area contributed by atoms with Crippen molar-refractivity contribution in [3.8, 4) is 0 Å². The van der Waals surface area contributed by atoms with Gasteiger partial charge in [-0.05, 0) is 51.6 Å². The summed E-state index contributed by atoms with van der Waals surface area (Å²) in [5.74, 6) is 0.630. The monoisotopic (exact) mass is 306 g/mol. The summed E-state index contributed by atoms with van der Waals surface area (Å²) >= 11 is 0. The van der Waals surface area contributed by atoms with Gasteiger partial charge < -0.3 is 15.0 Å². The van der Waals surface area contributed by atoms with Gasteiger partial charge in [0.15, 0.2) is 0 Å². The average Bonchev–Trinajstić information content (AvgIpc) is 3.16. The molecule has 5 nitrogen and oxygen atoms in total. The van der Waals surface area contributed by atoms with Gasteiger partial charge in [-0.3, -0.25) is 5.10 Å². The maximum atomic E-state index is 5.64. The van der Waals surface area contributed by atoms with Crippen molar-refractivity contribution < 1.29 is 4.74 Å². The molecule has 0 amide bonds. The van der Waals surface area contributed by atoms with Crippen LogP contribution in [-0.2, 0) is 11.3 Å². The highest BCUT2D eigenvalue weighted by Crippen LogP contribution is 2.47. The molecule has 1 aromatic rings. The van der Waals surface area contributed by atoms with Crippen LogP contribution in [0.3, 0.4) is 0 Å². The van der Waals surface area contributed by atoms with Crippen LogP contribution in [0, 0.1) is 5.41 Å². The first-order chi connectivity index (χ1) is 10.7. The Labute approximate surface area is 133 Å². The van der Waals surface area contributed by atoms with E-state index in [2.05, 4.69) is 33.7 Å². The van der Waals surface area contributed by atoms with Crippen LogP contribution in [0.15, 0.2) is 6.20 Å². The molecule has 1 saturated carbocycles. The van der Waals surface area contributed by atoms with Crippen LogP contribution in [0.5, 0.6) is 0 Å². The number of nitrogens with one attached hydrogen (secondary N) is 2. The molecule has 2 aliphatic rings. The lowest BCUT2D eigenvalue weighted by Gasteiger charge is -2.35. The second kappa shape index (κ2) is 7.11. The van der Waals surface area contributed by atoms with E-state index >= 15 is 0 Å². The van der Waals surface area contributed by atoms with E-state index < -0.39 is 0 Å². The van der Waals surface area contributed by atoms with Gasteiger partial charge in [-0.2, -0.15) is 5.10 Å². The first-order valence-electron chi connectivity index (χ1n) is 8.66. The summed E-state index contributed by atoms with van der Waals surface area (Å²) in [6.07, 6.45) is 8.50. The van der Waals surface area contributed by atoms with Crippen LogP contribution in [0.4, 0.5) is 0 Å². The maximum Gasteiger partial charge on any atom is 0.0697 e. The van der Waals surface area contributed by atoms with Gasteiger partial charge >= 0.3 is 0 Å². The molecule has 22 heavy (non-hydrogen) atoms. The summed E-state index contributed by atoms with van der Waals surface area (Å²) < 4.78 is 5.64. The third-order valence-corrected chi connectivity index (χ3v) is 5.55. The SMILES string of the molecule is CNCCN(C)Cc1c[nH]nc1[C@H]1CC[C@]2(CCOC2)CC1. The van der Waals surface area contributed by atoms with Gasteiger partial charge in [-0.25, -0.2) is 0 Å². The van der Waals surface area contributed by atoms with Gasteiger partial charge in [-0.15, -0.1) is 0 Å². The second-order valence-electron chi connectivity index (χ2n) is 7.21. The Balaban J connectivity index is 1.58. The maximum absolute atomic E-state index is 5.64. The normalized spacial score (nSPS) is 28.8. The standard InChI is InChI=1S/C17H30N4O/c1-18-8-9-21(2)12-15-11-19-20-16(15)14-3-5-17(6-4-14)7-10-22-13-17/h11,14,18H,3-10,12-13H2,1-2H3,(H,19,20)/t14-,17+. The van der Waals surface area contributed by atoms with Crippen molar-refractivity contribution in [3.05, 3.63) is 17.5 Å². The fourth-order valence-corrected chi connectivity index (χ4v) is 4.03. The lowest BCUT2D eigenvalue weighted by Crippen LogP contribution is -2.29. The highest BCUT2D eigenvalue weighted by molar-refractivity contribution is 5.21. The molecule has 1 aromatic heterocycles. The lowest BCUT2D eigenvalue weighted by atomic mass is 9.69. The largest absolute Gasteiger partial charge is 0.381 e. The molecule has 1 aliphatic heterocycles. The van der Waals surface area contributed by atoms with E-state index in [0.29, 0.717) is 11.3 Å². The van der Waals surface area contributed by atoms with Crippen molar-refractivity contribution >= 4 is 0 Å². The molecule has 0 bridgehead atoms. The van der Waals surface area contributed by atoms with Gasteiger partial charge in [0.25, 0.3) is 0 Å². The number of likely N-dealkylation sites (N-methyl/N-ethyl adjacent to an activating group) is 2. The quantitative estimate of drug-likeness (QED) is 0.845. The summed E-state index contributed by atoms with van der Waals surface area (Å²) in [5, 5.41) is 10.9. The Morgan fingerprint density at radius 2 is 2.23 bits per heavy atom. The predicted octanol–water partition coefficient (Wildman–Crippen LogP) is 2.13. The minimum absolute atomic E-state index is 0.497. The molecule has 2 fully saturated rings. The van der Waals surface area contributed by atoms with E-state index in [1.807, 2.05) is 7.05 Å². The number of rotatable bonds is 6. The Bertz CT molecular complexity index is 457. The summed E-state index contributed by atoms with van der Waals surface area (Å²) in [5.41, 5.74) is 3.18. The van der Waals surface area contributed by atoms with Crippen LogP contribution < -0.4 is 5.32 Å². The molecular formula is C17H30N4O. The smallest absolute Gasteiger partial charge is 0.0697 e. The Morgan fingerprint density at radius 1 is 1.41 bits per heavy atom. The van der Waals surface area contributed by atoms with Gasteiger partial charge in [0.05, 0.1) is 12.3 Å². The van der Waals surface area contributed by atoms with Crippen molar-refractivity contribution in [2.24, 2.45) is 5.41 Å². The van der Waals surface area contributed by atoms with Crippen molar-refractivity contribution in [1.82, 2.24) is 20.4 Å². The van der Waals surface area contributed by atoms with E-state index in [9.17, 15) is 0 Å². The van der Waals surface area contributed by atoms with Crippen molar-refractivity contribution in [3.63, 3.8) is 0 Å². The van der Waals surface area contributed by atoms with Crippen molar-refractivity contribution in [2.75, 3.05) is 40.4 Å². The topological polar surface area (TPSA) is 53.2 Å². The summed E-state index contributed by atoms with van der Waals surface area (Å²) in [4.78, 5) is 2.36. The van der Waals surface area contributed by atoms with Crippen LogP contribution in [0.25, 0.3) is 0 Å². The zero-order valence-electron chi connectivity index (χ0n) is 14.0. The highest BCUT2D eigenvalue weighted by Gasteiger charge is 2.39. The average molecular weight is 306 g/mol. The van der Waals surface area contributed by atoms with Crippen molar-refractivity contribution in [2.45, 2.75) is 44.6 Å². The van der Waals surface area contributed by atoms with Gasteiger partial charge in [0, 0.05) is 43.9 Å². The van der Waals surface area contributed by atoms with E-state index in [1.54, 1.807) is 0 Å². The van der Waals surface area contributed by atoms with Gasteiger partial charge in [0.1, 0.15) is 0 Å². The lowest BCUT2D eigenvalue weighted by molar-refractivity contribution is 0.116. The molecule has 0 atom stereocenters. The zero-order valence-corrected chi connectivity index (χ0v) is 14.0. The molecular weight excluding hydrogens is 276 g/mol. The predicted molar refractivity (Wildman–Crippen MR) is 87.9 cm³/mol. The fourth-order valence-electron chi connectivity index (χ4n) is 4.03. The molecule has 124 valence electrons. The summed E-state index contributed by atoms with van der Waals surface area (Å²) in [6.45, 7) is 5.02. The third-order valence-electron chi connectivity index (χ3n) is 5.55. The Kier molecular flexibility index (Phi) is 5.16. The van der Waals surface area contributed by atoms with Crippen LogP contribution in [0.2, 0.25) is 0 Å². The number of H-pyrrole nitrogens is 1. The second-order valence-corrected chi connectivity index (χ2v) is 7.21. The third kappa shape index (κ3) is 3.53. The summed E-state index contributed by atoms with van der Waals surface area (Å²) in [7, 11) is 4.18. The molecule has 0 radical (unpaired) electrons. The van der Waals surface area contributed by atoms with E-state index in [0.717, 1.165) is 32.8 Å². The van der Waals surface area contributed by atoms with E-state index in [4.69, 9.17) is 4.74 Å². The van der Waals surface area contributed by atoms with Gasteiger partial charge in [-0.1, -0.05) is 0 Å². The van der Waals surface area contributed by atoms with Crippen molar-refractivity contribution in [1.29, 1.82) is 0 Å². The number of ether oxygens (including phenoxy) is 1. The first-order valence-corrected chi connectivity index (χ1v) is 8.66. The number of aromatic nitrogens is 2. The molecule has 2 heterocycles. The zero-order chi connectivity index (χ0) is 15.4. The summed E-state index contributed by atoms with van der Waals surface area (Å²) in [6, 6.07) is 0. The number of hydrogen-bond acceptors (Lipinski definition) is 4. The number of aromatic amines is 1. The van der Waals surface area contributed by atoms with Crippen LogP contribution >= 0.6 is 0 Å². The van der Waals surface area contributed by atoms with Crippen LogP contribution in [-0.4, -0.2) is 55.5 Å². The number of hydrogen-bond donors (Lipinski definition) is 2. The number of nitrogens with zero attached hydrogens (tertiary/aromatic N) is 2. The highest BCUT2D eigenvalue weighted by atomic mass is 16.5. The molecule has 0 unspecified atom stereocenters.